The summed E-state index contributed by atoms with van der Waals surface area (Å²) in [5, 5.41) is 2.63. The summed E-state index contributed by atoms with van der Waals surface area (Å²) in [6.07, 6.45) is 6.08. The smallest absolute Gasteiger partial charge is 0.261 e. The average Bonchev–Trinajstić information content (AvgIpc) is 3.52. The molecule has 0 fully saturated rings. The Morgan fingerprint density at radius 1 is 1.10 bits per heavy atom. The van der Waals surface area contributed by atoms with Gasteiger partial charge in [-0.3, -0.25) is 14.6 Å². The summed E-state index contributed by atoms with van der Waals surface area (Å²) < 4.78 is 44.0. The van der Waals surface area contributed by atoms with Crippen LogP contribution in [-0.2, 0) is 17.9 Å². The summed E-state index contributed by atoms with van der Waals surface area (Å²) in [6, 6.07) is 8.77. The number of hydrogen-bond donors (Lipinski definition) is 1. The van der Waals surface area contributed by atoms with Gasteiger partial charge in [-0.1, -0.05) is 0 Å². The molecule has 0 spiro atoms. The number of halogens is 1. The van der Waals surface area contributed by atoms with E-state index in [-0.39, 0.29) is 35.2 Å². The Balaban J connectivity index is 1.29. The van der Waals surface area contributed by atoms with Crippen LogP contribution < -0.4 is 25.0 Å². The lowest BCUT2D eigenvalue weighted by atomic mass is 10.0. The van der Waals surface area contributed by atoms with E-state index in [2.05, 4.69) is 15.3 Å². The second-order valence-corrected chi connectivity index (χ2v) is 9.03. The Bertz CT molecular complexity index is 1840. The molecule has 41 heavy (non-hydrogen) atoms. The van der Waals surface area contributed by atoms with Gasteiger partial charge in [0.15, 0.2) is 23.1 Å². The normalized spacial score (nSPS) is 12.6. The molecule has 0 saturated carbocycles. The molecular weight excluding hydrogens is 535 g/mol. The highest BCUT2D eigenvalue weighted by Crippen LogP contribution is 2.35. The fourth-order valence-electron chi connectivity index (χ4n) is 4.61. The zero-order valence-electron chi connectivity index (χ0n) is 22.0. The van der Waals surface area contributed by atoms with E-state index in [0.717, 1.165) is 6.07 Å². The van der Waals surface area contributed by atoms with Crippen molar-refractivity contribution < 1.29 is 32.5 Å². The van der Waals surface area contributed by atoms with Gasteiger partial charge in [-0.05, 0) is 18.2 Å². The number of benzene rings is 1. The predicted octanol–water partition coefficient (Wildman–Crippen LogP) is 4.78. The fraction of sp³-hybridized carbons (Fsp3) is 0.172. The first-order chi connectivity index (χ1) is 20.0. The van der Waals surface area contributed by atoms with Crippen molar-refractivity contribution in [3.8, 4) is 34.3 Å². The predicted molar refractivity (Wildman–Crippen MR) is 145 cm³/mol. The van der Waals surface area contributed by atoms with Crippen molar-refractivity contribution in [1.29, 1.82) is 0 Å². The number of amides is 1. The molecule has 5 heterocycles. The van der Waals surface area contributed by atoms with Gasteiger partial charge >= 0.3 is 0 Å². The summed E-state index contributed by atoms with van der Waals surface area (Å²) in [5.41, 5.74) is 1.67. The number of carbonyl (C=O) groups is 1. The first kappa shape index (κ1) is 26.0. The molecule has 0 radical (unpaired) electrons. The number of anilines is 1. The number of carbonyl (C=O) groups excluding carboxylic acids is 1. The molecule has 0 bridgehead atoms. The number of rotatable bonds is 7. The second kappa shape index (κ2) is 10.7. The minimum atomic E-state index is -0.748. The molecule has 1 N–H and O–H groups in total. The van der Waals surface area contributed by atoms with Crippen molar-refractivity contribution in [1.82, 2.24) is 14.5 Å². The molecule has 6 rings (SSSR count). The van der Waals surface area contributed by atoms with Gasteiger partial charge in [-0.15, -0.1) is 0 Å². The van der Waals surface area contributed by atoms with E-state index in [1.54, 1.807) is 24.4 Å². The summed E-state index contributed by atoms with van der Waals surface area (Å²) in [6.45, 7) is 1.00. The lowest BCUT2D eigenvalue weighted by molar-refractivity contribution is 0.0809. The van der Waals surface area contributed by atoms with Crippen molar-refractivity contribution in [2.24, 2.45) is 0 Å². The van der Waals surface area contributed by atoms with E-state index in [1.807, 2.05) is 4.57 Å². The zero-order chi connectivity index (χ0) is 28.5. The van der Waals surface area contributed by atoms with Crippen LogP contribution in [0, 0.1) is 5.82 Å². The zero-order valence-corrected chi connectivity index (χ0v) is 22.0. The third-order valence-corrected chi connectivity index (χ3v) is 6.60. The minimum absolute atomic E-state index is 0.0807. The van der Waals surface area contributed by atoms with Crippen LogP contribution in [0.2, 0.25) is 0 Å². The van der Waals surface area contributed by atoms with Crippen LogP contribution in [0.3, 0.4) is 0 Å². The summed E-state index contributed by atoms with van der Waals surface area (Å²) in [7, 11) is 2.93. The van der Waals surface area contributed by atoms with Gasteiger partial charge in [0.2, 0.25) is 5.43 Å². The maximum absolute atomic E-state index is 15.2. The molecule has 1 aliphatic heterocycles. The monoisotopic (exact) mass is 558 g/mol. The standard InChI is InChI=1S/C29H23FN4O7/c1-37-24-12-20-26(33-29(24)38-2)23(5-7-31-20)41-22-4-3-17(11-19(22)30)32-28(36)25-21-15-40-10-8-34(21)13-18(27(25)35)16-6-9-39-14-16/h3-7,9,11-14H,8,10,15H2,1-2H3,(H,32,36). The third kappa shape index (κ3) is 4.85. The second-order valence-electron chi connectivity index (χ2n) is 9.03. The molecule has 1 amide bonds. The first-order valence-electron chi connectivity index (χ1n) is 12.5. The Kier molecular flexibility index (Phi) is 6.81. The molecule has 0 aliphatic carbocycles. The number of furan rings is 1. The average molecular weight is 559 g/mol. The summed E-state index contributed by atoms with van der Waals surface area (Å²) in [4.78, 5) is 35.4. The molecule has 5 aromatic rings. The SMILES string of the molecule is COc1cc2nccc(Oc3ccc(NC(=O)c4c5n(cc(-c6ccoc6)c4=O)CCOC5)cc3F)c2nc1OC. The van der Waals surface area contributed by atoms with Crippen molar-refractivity contribution >= 4 is 22.6 Å². The van der Waals surface area contributed by atoms with E-state index in [4.69, 9.17) is 23.4 Å². The quantitative estimate of drug-likeness (QED) is 0.300. The number of nitrogens with zero attached hydrogens (tertiary/aromatic N) is 3. The Morgan fingerprint density at radius 2 is 1.98 bits per heavy atom. The number of hydrogen-bond acceptors (Lipinski definition) is 9. The van der Waals surface area contributed by atoms with Crippen molar-refractivity contribution in [2.75, 3.05) is 26.1 Å². The number of nitrogens with one attached hydrogen (secondary N) is 1. The van der Waals surface area contributed by atoms with Gasteiger partial charge in [-0.25, -0.2) is 9.37 Å². The molecule has 4 aromatic heterocycles. The van der Waals surface area contributed by atoms with Crippen molar-refractivity contribution in [2.45, 2.75) is 13.2 Å². The van der Waals surface area contributed by atoms with Gasteiger partial charge < -0.3 is 33.2 Å². The van der Waals surface area contributed by atoms with Gasteiger partial charge in [0.25, 0.3) is 11.8 Å². The van der Waals surface area contributed by atoms with Crippen LogP contribution in [-0.4, -0.2) is 41.3 Å². The van der Waals surface area contributed by atoms with Crippen LogP contribution in [0.15, 0.2) is 70.5 Å². The number of ether oxygens (including phenoxy) is 4. The Morgan fingerprint density at radius 3 is 2.73 bits per heavy atom. The van der Waals surface area contributed by atoms with Crippen LogP contribution in [0.4, 0.5) is 10.1 Å². The maximum Gasteiger partial charge on any atom is 0.261 e. The summed E-state index contributed by atoms with van der Waals surface area (Å²) in [5.74, 6) is -0.701. The first-order valence-corrected chi connectivity index (χ1v) is 12.5. The largest absolute Gasteiger partial charge is 0.491 e. The number of pyridine rings is 3. The lowest BCUT2D eigenvalue weighted by Crippen LogP contribution is -2.31. The molecule has 1 aliphatic rings. The van der Waals surface area contributed by atoms with Gasteiger partial charge in [0.1, 0.15) is 11.1 Å². The minimum Gasteiger partial charge on any atom is -0.491 e. The maximum atomic E-state index is 15.2. The van der Waals surface area contributed by atoms with E-state index in [9.17, 15) is 9.59 Å². The van der Waals surface area contributed by atoms with Gasteiger partial charge in [0, 0.05) is 54.0 Å². The number of aromatic nitrogens is 3. The molecule has 1 aromatic carbocycles. The molecule has 11 nitrogen and oxygen atoms in total. The molecule has 208 valence electrons. The number of methoxy groups -OCH3 is 2. The molecule has 12 heteroatoms. The van der Waals surface area contributed by atoms with Gasteiger partial charge in [-0.2, -0.15) is 0 Å². The van der Waals surface area contributed by atoms with Crippen LogP contribution in [0.5, 0.6) is 23.1 Å². The molecule has 0 atom stereocenters. The van der Waals surface area contributed by atoms with Crippen LogP contribution in [0.25, 0.3) is 22.2 Å². The van der Waals surface area contributed by atoms with Crippen molar-refractivity contribution in [3.63, 3.8) is 0 Å². The molecule has 0 saturated heterocycles. The highest BCUT2D eigenvalue weighted by Gasteiger charge is 2.25. The van der Waals surface area contributed by atoms with E-state index in [0.29, 0.717) is 46.8 Å². The van der Waals surface area contributed by atoms with E-state index in [1.165, 1.54) is 45.1 Å². The Labute approximate surface area is 232 Å². The molecular formula is C29H23FN4O7. The molecule has 0 unspecified atom stereocenters. The Hall–Kier alpha value is -5.23. The fourth-order valence-corrected chi connectivity index (χ4v) is 4.61. The number of fused-ring (bicyclic) bond motifs is 2. The highest BCUT2D eigenvalue weighted by molar-refractivity contribution is 6.05. The third-order valence-electron chi connectivity index (χ3n) is 6.60. The van der Waals surface area contributed by atoms with E-state index >= 15 is 4.39 Å². The van der Waals surface area contributed by atoms with Crippen molar-refractivity contribution in [3.05, 3.63) is 88.6 Å². The summed E-state index contributed by atoms with van der Waals surface area (Å²) >= 11 is 0. The van der Waals surface area contributed by atoms with E-state index < -0.39 is 17.2 Å². The van der Waals surface area contributed by atoms with Crippen LogP contribution >= 0.6 is 0 Å². The van der Waals surface area contributed by atoms with Gasteiger partial charge in [0.05, 0.1) is 51.2 Å². The topological polar surface area (TPSA) is 127 Å². The van der Waals surface area contributed by atoms with Crippen LogP contribution in [0.1, 0.15) is 16.1 Å². The lowest BCUT2D eigenvalue weighted by Gasteiger charge is -2.23. The highest BCUT2D eigenvalue weighted by atomic mass is 19.1.